The zero-order chi connectivity index (χ0) is 23.5. The van der Waals surface area contributed by atoms with E-state index in [0.29, 0.717) is 42.2 Å². The normalized spacial score (nSPS) is 15.0. The van der Waals surface area contributed by atoms with Crippen LogP contribution in [0.3, 0.4) is 0 Å². The highest BCUT2D eigenvalue weighted by Crippen LogP contribution is 2.13. The predicted octanol–water partition coefficient (Wildman–Crippen LogP) is 2.02. The van der Waals surface area contributed by atoms with Crippen molar-refractivity contribution >= 4 is 29.1 Å². The fraction of sp³-hybridized carbons (Fsp3) is 0.375. The number of benzene rings is 2. The lowest BCUT2D eigenvalue weighted by atomic mass is 10.1. The van der Waals surface area contributed by atoms with E-state index in [1.807, 2.05) is 0 Å². The third-order valence-corrected chi connectivity index (χ3v) is 5.11. The van der Waals surface area contributed by atoms with Gasteiger partial charge in [-0.2, -0.15) is 0 Å². The SMILES string of the molecule is COCCNC(=O)c1ccc(NC(=O)CNc2cccc(C(=O)NCC3CCCO3)c2)cc1. The van der Waals surface area contributed by atoms with Crippen LogP contribution in [0.15, 0.2) is 48.5 Å². The molecule has 1 saturated heterocycles. The van der Waals surface area contributed by atoms with Crippen LogP contribution >= 0.6 is 0 Å². The van der Waals surface area contributed by atoms with Crippen molar-refractivity contribution in [3.63, 3.8) is 0 Å². The zero-order valence-corrected chi connectivity index (χ0v) is 18.7. The summed E-state index contributed by atoms with van der Waals surface area (Å²) in [6, 6.07) is 13.6. The second-order valence-corrected chi connectivity index (χ2v) is 7.65. The van der Waals surface area contributed by atoms with Crippen molar-refractivity contribution < 1.29 is 23.9 Å². The van der Waals surface area contributed by atoms with Crippen LogP contribution in [-0.4, -0.2) is 63.8 Å². The second kappa shape index (κ2) is 12.6. The van der Waals surface area contributed by atoms with Crippen molar-refractivity contribution in [2.75, 3.05) is 50.6 Å². The zero-order valence-electron chi connectivity index (χ0n) is 18.7. The molecule has 1 unspecified atom stereocenters. The minimum Gasteiger partial charge on any atom is -0.383 e. The average molecular weight is 455 g/mol. The predicted molar refractivity (Wildman–Crippen MR) is 126 cm³/mol. The summed E-state index contributed by atoms with van der Waals surface area (Å²) < 4.78 is 10.4. The highest BCUT2D eigenvalue weighted by molar-refractivity contribution is 5.97. The lowest BCUT2D eigenvalue weighted by molar-refractivity contribution is -0.114. The molecule has 9 heteroatoms. The van der Waals surface area contributed by atoms with Gasteiger partial charge in [0.1, 0.15) is 0 Å². The Bertz CT molecular complexity index is 942. The first kappa shape index (κ1) is 24.2. The van der Waals surface area contributed by atoms with Crippen molar-refractivity contribution in [3.05, 3.63) is 59.7 Å². The van der Waals surface area contributed by atoms with E-state index in [-0.39, 0.29) is 30.4 Å². The van der Waals surface area contributed by atoms with Gasteiger partial charge in [0.2, 0.25) is 5.91 Å². The van der Waals surface area contributed by atoms with E-state index in [4.69, 9.17) is 9.47 Å². The molecule has 0 bridgehead atoms. The van der Waals surface area contributed by atoms with E-state index in [1.165, 1.54) is 0 Å². The highest BCUT2D eigenvalue weighted by atomic mass is 16.5. The number of methoxy groups -OCH3 is 1. The quantitative estimate of drug-likeness (QED) is 0.386. The fourth-order valence-electron chi connectivity index (χ4n) is 3.35. The highest BCUT2D eigenvalue weighted by Gasteiger charge is 2.16. The van der Waals surface area contributed by atoms with Crippen LogP contribution in [0.4, 0.5) is 11.4 Å². The van der Waals surface area contributed by atoms with Crippen LogP contribution in [0.1, 0.15) is 33.6 Å². The lowest BCUT2D eigenvalue weighted by Crippen LogP contribution is -2.31. The number of rotatable bonds is 11. The molecule has 1 fully saturated rings. The molecule has 3 amide bonds. The molecule has 1 atom stereocenters. The number of amides is 3. The van der Waals surface area contributed by atoms with Gasteiger partial charge in [-0.05, 0) is 55.3 Å². The van der Waals surface area contributed by atoms with Gasteiger partial charge in [-0.25, -0.2) is 0 Å². The van der Waals surface area contributed by atoms with Crippen LogP contribution in [0.5, 0.6) is 0 Å². The Morgan fingerprint density at radius 2 is 1.79 bits per heavy atom. The average Bonchev–Trinajstić information content (AvgIpc) is 3.36. The van der Waals surface area contributed by atoms with Gasteiger partial charge < -0.3 is 30.7 Å². The minimum atomic E-state index is -0.250. The molecule has 176 valence electrons. The maximum atomic E-state index is 12.4. The number of carbonyl (C=O) groups is 3. The number of anilines is 2. The molecule has 4 N–H and O–H groups in total. The first-order valence-electron chi connectivity index (χ1n) is 11.0. The van der Waals surface area contributed by atoms with Crippen LogP contribution in [-0.2, 0) is 14.3 Å². The van der Waals surface area contributed by atoms with E-state index in [9.17, 15) is 14.4 Å². The number of ether oxygens (including phenoxy) is 2. The molecular weight excluding hydrogens is 424 g/mol. The van der Waals surface area contributed by atoms with E-state index in [1.54, 1.807) is 55.6 Å². The Morgan fingerprint density at radius 1 is 1.00 bits per heavy atom. The largest absolute Gasteiger partial charge is 0.383 e. The van der Waals surface area contributed by atoms with Crippen molar-refractivity contribution in [3.8, 4) is 0 Å². The summed E-state index contributed by atoms with van der Waals surface area (Å²) in [5, 5.41) is 11.4. The number of hydrogen-bond donors (Lipinski definition) is 4. The maximum Gasteiger partial charge on any atom is 0.251 e. The van der Waals surface area contributed by atoms with Gasteiger partial charge in [0, 0.05) is 49.3 Å². The van der Waals surface area contributed by atoms with Gasteiger partial charge in [-0.15, -0.1) is 0 Å². The number of nitrogens with one attached hydrogen (secondary N) is 4. The molecule has 1 aliphatic rings. The third kappa shape index (κ3) is 7.89. The fourth-order valence-corrected chi connectivity index (χ4v) is 3.35. The summed E-state index contributed by atoms with van der Waals surface area (Å²) in [4.78, 5) is 36.7. The van der Waals surface area contributed by atoms with Gasteiger partial charge in [0.15, 0.2) is 0 Å². The molecule has 2 aromatic carbocycles. The monoisotopic (exact) mass is 454 g/mol. The molecule has 0 radical (unpaired) electrons. The van der Waals surface area contributed by atoms with Crippen molar-refractivity contribution in [2.24, 2.45) is 0 Å². The van der Waals surface area contributed by atoms with Gasteiger partial charge in [0.25, 0.3) is 11.8 Å². The molecule has 3 rings (SSSR count). The molecule has 33 heavy (non-hydrogen) atoms. The summed E-state index contributed by atoms with van der Waals surface area (Å²) in [5.41, 5.74) is 2.25. The summed E-state index contributed by atoms with van der Waals surface area (Å²) in [7, 11) is 1.57. The third-order valence-electron chi connectivity index (χ3n) is 5.11. The molecule has 2 aromatic rings. The molecule has 0 aromatic heterocycles. The molecular formula is C24H30N4O5. The molecule has 9 nitrogen and oxygen atoms in total. The second-order valence-electron chi connectivity index (χ2n) is 7.65. The Hall–Kier alpha value is -3.43. The summed E-state index contributed by atoms with van der Waals surface area (Å²) in [6.07, 6.45) is 2.07. The van der Waals surface area contributed by atoms with Crippen molar-refractivity contribution in [2.45, 2.75) is 18.9 Å². The van der Waals surface area contributed by atoms with Gasteiger partial charge >= 0.3 is 0 Å². The number of hydrogen-bond acceptors (Lipinski definition) is 6. The molecule has 1 heterocycles. The maximum absolute atomic E-state index is 12.4. The van der Waals surface area contributed by atoms with Crippen molar-refractivity contribution in [1.82, 2.24) is 10.6 Å². The molecule has 1 aliphatic heterocycles. The van der Waals surface area contributed by atoms with Crippen molar-refractivity contribution in [1.29, 1.82) is 0 Å². The van der Waals surface area contributed by atoms with Crippen LogP contribution in [0.25, 0.3) is 0 Å². The van der Waals surface area contributed by atoms with E-state index in [2.05, 4.69) is 21.3 Å². The van der Waals surface area contributed by atoms with Gasteiger partial charge in [-0.3, -0.25) is 14.4 Å². The van der Waals surface area contributed by atoms with Gasteiger partial charge in [0.05, 0.1) is 19.3 Å². The molecule has 0 aliphatic carbocycles. The molecule has 0 spiro atoms. The minimum absolute atomic E-state index is 0.0280. The van der Waals surface area contributed by atoms with E-state index >= 15 is 0 Å². The summed E-state index contributed by atoms with van der Waals surface area (Å²) >= 11 is 0. The standard InChI is InChI=1S/C24H30N4O5/c1-32-13-11-25-23(30)17-7-9-19(10-8-17)28-22(29)16-26-20-5-2-4-18(14-20)24(31)27-15-21-6-3-12-33-21/h2,4-5,7-10,14,21,26H,3,6,11-13,15-16H2,1H3,(H,25,30)(H,27,31)(H,28,29). The Balaban J connectivity index is 1.44. The summed E-state index contributed by atoms with van der Waals surface area (Å²) in [6.45, 7) is 2.14. The van der Waals surface area contributed by atoms with Crippen LogP contribution in [0, 0.1) is 0 Å². The Labute approximate surface area is 193 Å². The molecule has 0 saturated carbocycles. The Kier molecular flexibility index (Phi) is 9.22. The van der Waals surface area contributed by atoms with E-state index < -0.39 is 0 Å². The lowest BCUT2D eigenvalue weighted by Gasteiger charge is -2.12. The Morgan fingerprint density at radius 3 is 2.52 bits per heavy atom. The number of carbonyl (C=O) groups excluding carboxylic acids is 3. The first-order chi connectivity index (χ1) is 16.0. The van der Waals surface area contributed by atoms with E-state index in [0.717, 1.165) is 19.4 Å². The van der Waals surface area contributed by atoms with Crippen LogP contribution < -0.4 is 21.3 Å². The van der Waals surface area contributed by atoms with Crippen LogP contribution in [0.2, 0.25) is 0 Å². The smallest absolute Gasteiger partial charge is 0.251 e. The topological polar surface area (TPSA) is 118 Å². The summed E-state index contributed by atoms with van der Waals surface area (Å²) in [5.74, 6) is -0.628. The van der Waals surface area contributed by atoms with Gasteiger partial charge in [-0.1, -0.05) is 6.07 Å². The first-order valence-corrected chi connectivity index (χ1v) is 11.0.